The number of amides is 1. The van der Waals surface area contributed by atoms with Gasteiger partial charge in [-0.15, -0.1) is 0 Å². The van der Waals surface area contributed by atoms with Gasteiger partial charge in [-0.2, -0.15) is 0 Å². The van der Waals surface area contributed by atoms with Crippen LogP contribution in [0.4, 0.5) is 10.1 Å². The van der Waals surface area contributed by atoms with Crippen molar-refractivity contribution < 1.29 is 22.7 Å². The van der Waals surface area contributed by atoms with E-state index in [1.807, 2.05) is 0 Å². The molecule has 30 heavy (non-hydrogen) atoms. The summed E-state index contributed by atoms with van der Waals surface area (Å²) in [6.07, 6.45) is 0. The molecule has 3 aromatic rings. The summed E-state index contributed by atoms with van der Waals surface area (Å²) >= 11 is 0. The van der Waals surface area contributed by atoms with E-state index in [1.165, 1.54) is 35.2 Å². The SMILES string of the molecule is Cc1ccc(C(=O)N(C)Cc2ccc(O)cc2)cc1S(=O)(=O)Nc1ccc(F)cc1. The van der Waals surface area contributed by atoms with Crippen molar-refractivity contribution in [2.24, 2.45) is 0 Å². The number of carbonyl (C=O) groups excluding carboxylic acids is 1. The largest absolute Gasteiger partial charge is 0.508 e. The molecule has 0 aromatic heterocycles. The number of nitrogens with zero attached hydrogens (tertiary/aromatic N) is 1. The molecule has 0 saturated heterocycles. The van der Waals surface area contributed by atoms with Gasteiger partial charge in [-0.05, 0) is 66.6 Å². The second kappa shape index (κ2) is 8.54. The molecule has 0 radical (unpaired) electrons. The summed E-state index contributed by atoms with van der Waals surface area (Å²) in [5.74, 6) is -0.686. The van der Waals surface area contributed by atoms with E-state index in [1.54, 1.807) is 38.2 Å². The van der Waals surface area contributed by atoms with Crippen LogP contribution >= 0.6 is 0 Å². The Morgan fingerprint density at radius 2 is 1.67 bits per heavy atom. The number of halogens is 1. The van der Waals surface area contributed by atoms with Gasteiger partial charge in [0.1, 0.15) is 11.6 Å². The summed E-state index contributed by atoms with van der Waals surface area (Å²) < 4.78 is 41.1. The van der Waals surface area contributed by atoms with Crippen LogP contribution in [0.25, 0.3) is 0 Å². The van der Waals surface area contributed by atoms with E-state index < -0.39 is 15.8 Å². The number of hydrogen-bond donors (Lipinski definition) is 2. The highest BCUT2D eigenvalue weighted by Gasteiger charge is 2.21. The Hall–Kier alpha value is -3.39. The van der Waals surface area contributed by atoms with Crippen molar-refractivity contribution in [1.29, 1.82) is 0 Å². The minimum absolute atomic E-state index is 0.0318. The fourth-order valence-electron chi connectivity index (χ4n) is 2.92. The number of aromatic hydroxyl groups is 1. The Balaban J connectivity index is 1.83. The molecule has 0 saturated carbocycles. The number of anilines is 1. The average Bonchev–Trinajstić information content (AvgIpc) is 2.71. The molecule has 8 heteroatoms. The maximum absolute atomic E-state index is 13.1. The van der Waals surface area contributed by atoms with Crippen LogP contribution in [0.2, 0.25) is 0 Å². The molecule has 3 rings (SSSR count). The quantitative estimate of drug-likeness (QED) is 0.623. The summed E-state index contributed by atoms with van der Waals surface area (Å²) in [7, 11) is -2.36. The van der Waals surface area contributed by atoms with E-state index in [0.717, 1.165) is 17.7 Å². The maximum Gasteiger partial charge on any atom is 0.262 e. The first-order chi connectivity index (χ1) is 14.2. The summed E-state index contributed by atoms with van der Waals surface area (Å²) in [4.78, 5) is 14.2. The van der Waals surface area contributed by atoms with E-state index in [4.69, 9.17) is 0 Å². The van der Waals surface area contributed by atoms with E-state index in [0.29, 0.717) is 12.1 Å². The first-order valence-corrected chi connectivity index (χ1v) is 10.6. The summed E-state index contributed by atoms with van der Waals surface area (Å²) in [5.41, 5.74) is 1.74. The Kier molecular flexibility index (Phi) is 6.07. The Morgan fingerprint density at radius 1 is 1.03 bits per heavy atom. The van der Waals surface area contributed by atoms with Gasteiger partial charge in [0.05, 0.1) is 4.90 Å². The molecule has 3 aromatic carbocycles. The molecular formula is C22H21FN2O4S. The molecule has 1 amide bonds. The van der Waals surface area contributed by atoms with Gasteiger partial charge < -0.3 is 10.0 Å². The first kappa shape index (κ1) is 21.3. The molecule has 0 aliphatic carbocycles. The van der Waals surface area contributed by atoms with Crippen molar-refractivity contribution in [3.05, 3.63) is 89.2 Å². The van der Waals surface area contributed by atoms with Gasteiger partial charge in [0.15, 0.2) is 0 Å². The molecule has 0 bridgehead atoms. The number of carbonyl (C=O) groups is 1. The van der Waals surface area contributed by atoms with Crippen LogP contribution in [0.5, 0.6) is 5.75 Å². The molecule has 0 atom stereocenters. The van der Waals surface area contributed by atoms with Gasteiger partial charge in [-0.25, -0.2) is 12.8 Å². The first-order valence-electron chi connectivity index (χ1n) is 9.08. The molecule has 156 valence electrons. The summed E-state index contributed by atoms with van der Waals surface area (Å²) in [5, 5.41) is 9.37. The van der Waals surface area contributed by atoms with E-state index >= 15 is 0 Å². The summed E-state index contributed by atoms with van der Waals surface area (Å²) in [6.45, 7) is 1.93. The Labute approximate surface area is 174 Å². The highest BCUT2D eigenvalue weighted by Crippen LogP contribution is 2.22. The number of rotatable bonds is 6. The zero-order chi connectivity index (χ0) is 21.9. The standard InChI is InChI=1S/C22H21FN2O4S/c1-15-3-6-17(22(27)25(2)14-16-4-11-20(26)12-5-16)13-21(15)30(28,29)24-19-9-7-18(23)8-10-19/h3-13,24,26H,14H2,1-2H3. The zero-order valence-electron chi connectivity index (χ0n) is 16.5. The van der Waals surface area contributed by atoms with E-state index in [-0.39, 0.29) is 27.8 Å². The van der Waals surface area contributed by atoms with Crippen LogP contribution in [-0.2, 0) is 16.6 Å². The predicted octanol–water partition coefficient (Wildman–Crippen LogP) is 3.91. The topological polar surface area (TPSA) is 86.7 Å². The Bertz CT molecular complexity index is 1160. The number of aryl methyl sites for hydroxylation is 1. The van der Waals surface area contributed by atoms with Gasteiger partial charge in [0, 0.05) is 24.8 Å². The zero-order valence-corrected chi connectivity index (χ0v) is 17.3. The molecule has 0 heterocycles. The van der Waals surface area contributed by atoms with Crippen molar-refractivity contribution in [3.8, 4) is 5.75 Å². The molecule has 0 spiro atoms. The van der Waals surface area contributed by atoms with E-state index in [9.17, 15) is 22.7 Å². The van der Waals surface area contributed by atoms with Gasteiger partial charge >= 0.3 is 0 Å². The molecule has 0 aliphatic heterocycles. The lowest BCUT2D eigenvalue weighted by atomic mass is 10.1. The number of nitrogens with one attached hydrogen (secondary N) is 1. The number of hydrogen-bond acceptors (Lipinski definition) is 4. The monoisotopic (exact) mass is 428 g/mol. The molecule has 0 aliphatic rings. The van der Waals surface area contributed by atoms with Crippen molar-refractivity contribution in [2.75, 3.05) is 11.8 Å². The fraction of sp³-hybridized carbons (Fsp3) is 0.136. The Morgan fingerprint density at radius 3 is 2.30 bits per heavy atom. The van der Waals surface area contributed by atoms with Gasteiger partial charge in [-0.3, -0.25) is 9.52 Å². The summed E-state index contributed by atoms with van der Waals surface area (Å²) in [6, 6.07) is 15.9. The fourth-order valence-corrected chi connectivity index (χ4v) is 4.25. The number of phenols is 1. The molecule has 0 fully saturated rings. The molecule has 0 unspecified atom stereocenters. The van der Waals surface area contributed by atoms with Crippen molar-refractivity contribution in [1.82, 2.24) is 4.90 Å². The third-order valence-electron chi connectivity index (χ3n) is 4.52. The normalized spacial score (nSPS) is 11.2. The van der Waals surface area contributed by atoms with Crippen LogP contribution in [0.15, 0.2) is 71.6 Å². The highest BCUT2D eigenvalue weighted by atomic mass is 32.2. The lowest BCUT2D eigenvalue weighted by molar-refractivity contribution is 0.0785. The third kappa shape index (κ3) is 4.96. The second-order valence-corrected chi connectivity index (χ2v) is 8.57. The average molecular weight is 428 g/mol. The van der Waals surface area contributed by atoms with Crippen LogP contribution in [0.1, 0.15) is 21.5 Å². The third-order valence-corrected chi connectivity index (χ3v) is 6.05. The van der Waals surface area contributed by atoms with Crippen LogP contribution < -0.4 is 4.72 Å². The minimum Gasteiger partial charge on any atom is -0.508 e. The van der Waals surface area contributed by atoms with Gasteiger partial charge in [-0.1, -0.05) is 18.2 Å². The lowest BCUT2D eigenvalue weighted by Gasteiger charge is -2.18. The second-order valence-electron chi connectivity index (χ2n) is 6.92. The number of sulfonamides is 1. The van der Waals surface area contributed by atoms with Crippen LogP contribution in [0, 0.1) is 12.7 Å². The predicted molar refractivity (Wildman–Crippen MR) is 112 cm³/mol. The van der Waals surface area contributed by atoms with Gasteiger partial charge in [0.25, 0.3) is 15.9 Å². The van der Waals surface area contributed by atoms with Crippen LogP contribution in [0.3, 0.4) is 0 Å². The van der Waals surface area contributed by atoms with Crippen molar-refractivity contribution in [2.45, 2.75) is 18.4 Å². The number of benzene rings is 3. The molecule has 6 nitrogen and oxygen atoms in total. The minimum atomic E-state index is -3.97. The number of phenolic OH excluding ortho intramolecular Hbond substituents is 1. The van der Waals surface area contributed by atoms with Gasteiger partial charge in [0.2, 0.25) is 0 Å². The molecule has 2 N–H and O–H groups in total. The molecular weight excluding hydrogens is 407 g/mol. The lowest BCUT2D eigenvalue weighted by Crippen LogP contribution is -2.26. The van der Waals surface area contributed by atoms with Crippen molar-refractivity contribution in [3.63, 3.8) is 0 Å². The smallest absolute Gasteiger partial charge is 0.262 e. The highest BCUT2D eigenvalue weighted by molar-refractivity contribution is 7.92. The maximum atomic E-state index is 13.1. The van der Waals surface area contributed by atoms with E-state index in [2.05, 4.69) is 4.72 Å². The van der Waals surface area contributed by atoms with Crippen LogP contribution in [-0.4, -0.2) is 31.4 Å². The van der Waals surface area contributed by atoms with Crippen molar-refractivity contribution >= 4 is 21.6 Å².